The Balaban J connectivity index is 1.90. The minimum atomic E-state index is -0.417. The van der Waals surface area contributed by atoms with Crippen molar-refractivity contribution >= 4 is 34.4 Å². The van der Waals surface area contributed by atoms with Crippen molar-refractivity contribution in [1.29, 1.82) is 0 Å². The fourth-order valence-electron chi connectivity index (χ4n) is 5.16. The molecule has 1 aromatic carbocycles. The molecule has 0 amide bonds. The number of piperidine rings is 1. The lowest BCUT2D eigenvalue weighted by Crippen LogP contribution is -2.59. The smallest absolute Gasteiger partial charge is 0.148 e. The number of Topliss-reactive ketones (excluding diaryl/α,β-unsaturated/α-hetero) is 1. The molecule has 2 fully saturated rings. The normalized spacial score (nSPS) is 27.6. The van der Waals surface area contributed by atoms with Crippen LogP contribution in [0.5, 0.6) is 0 Å². The highest BCUT2D eigenvalue weighted by atomic mass is 32.1. The summed E-state index contributed by atoms with van der Waals surface area (Å²) in [6.45, 7) is 13.2. The molecule has 1 unspecified atom stereocenters. The predicted octanol–water partition coefficient (Wildman–Crippen LogP) is 5.18. The fourth-order valence-corrected chi connectivity index (χ4v) is 5.55. The molecule has 1 aliphatic carbocycles. The van der Waals surface area contributed by atoms with Crippen molar-refractivity contribution in [3.63, 3.8) is 0 Å². The maximum atomic E-state index is 13.1. The van der Waals surface area contributed by atoms with E-state index >= 15 is 0 Å². The molecular formula is C24H35N3OS. The van der Waals surface area contributed by atoms with Crippen molar-refractivity contribution in [3.05, 3.63) is 30.3 Å². The summed E-state index contributed by atoms with van der Waals surface area (Å²) in [6.07, 6.45) is 3.27. The zero-order chi connectivity index (χ0) is 21.4. The zero-order valence-electron chi connectivity index (χ0n) is 18.6. The molecule has 29 heavy (non-hydrogen) atoms. The number of anilines is 1. The molecule has 0 bridgehead atoms. The minimum absolute atomic E-state index is 0.0168. The van der Waals surface area contributed by atoms with Gasteiger partial charge in [0.1, 0.15) is 11.7 Å². The van der Waals surface area contributed by atoms with Gasteiger partial charge in [-0.2, -0.15) is 0 Å². The molecule has 0 aromatic heterocycles. The standard InChI is InChI=1S/C24H35N3OS/c1-22(2)14-18(25-17-12-23(3,4)27-24(5,6)13-17)20(19(28)15-22)21(29)26-16-10-8-7-9-11-16/h7-11,17,20,27H,12-15H2,1-6H3,(H,26,29). The molecule has 2 aliphatic rings. The Morgan fingerprint density at radius 2 is 1.62 bits per heavy atom. The number of carbonyl (C=O) groups excluding carboxylic acids is 1. The lowest BCUT2D eigenvalue weighted by Gasteiger charge is -2.46. The van der Waals surface area contributed by atoms with Crippen LogP contribution < -0.4 is 10.6 Å². The Morgan fingerprint density at radius 3 is 2.21 bits per heavy atom. The number of benzene rings is 1. The van der Waals surface area contributed by atoms with Crippen LogP contribution in [0.3, 0.4) is 0 Å². The van der Waals surface area contributed by atoms with Gasteiger partial charge >= 0.3 is 0 Å². The molecule has 5 heteroatoms. The van der Waals surface area contributed by atoms with Crippen LogP contribution in [0.1, 0.15) is 67.2 Å². The van der Waals surface area contributed by atoms with E-state index in [0.717, 1.165) is 30.7 Å². The molecule has 3 rings (SSSR count). The van der Waals surface area contributed by atoms with Gasteiger partial charge in [0, 0.05) is 28.9 Å². The van der Waals surface area contributed by atoms with E-state index in [1.807, 2.05) is 30.3 Å². The SMILES string of the molecule is CC1(C)CC(=O)C(C(=S)Nc2ccccc2)C(=NC2CC(C)(C)NC(C)(C)C2)C1. The van der Waals surface area contributed by atoms with Crippen molar-refractivity contribution in [1.82, 2.24) is 5.32 Å². The maximum Gasteiger partial charge on any atom is 0.148 e. The summed E-state index contributed by atoms with van der Waals surface area (Å²) in [5.74, 6) is -0.236. The Bertz CT molecular complexity index is 795. The lowest BCUT2D eigenvalue weighted by molar-refractivity contribution is -0.122. The van der Waals surface area contributed by atoms with Gasteiger partial charge in [-0.1, -0.05) is 44.3 Å². The quantitative estimate of drug-likeness (QED) is 0.670. The van der Waals surface area contributed by atoms with Gasteiger partial charge in [0.05, 0.1) is 11.0 Å². The first-order chi connectivity index (χ1) is 13.4. The summed E-state index contributed by atoms with van der Waals surface area (Å²) in [5, 5.41) is 7.00. The molecule has 1 saturated carbocycles. The second-order valence-corrected chi connectivity index (χ2v) is 11.3. The zero-order valence-corrected chi connectivity index (χ0v) is 19.5. The number of hydrogen-bond donors (Lipinski definition) is 2. The average Bonchev–Trinajstić information content (AvgIpc) is 2.50. The highest BCUT2D eigenvalue weighted by Crippen LogP contribution is 2.37. The van der Waals surface area contributed by atoms with Gasteiger partial charge in [-0.05, 0) is 64.5 Å². The predicted molar refractivity (Wildman–Crippen MR) is 126 cm³/mol. The highest BCUT2D eigenvalue weighted by Gasteiger charge is 2.42. The molecule has 4 nitrogen and oxygen atoms in total. The number of aliphatic imine (C=N–C) groups is 1. The summed E-state index contributed by atoms with van der Waals surface area (Å²) in [5.41, 5.74) is 1.83. The van der Waals surface area contributed by atoms with Crippen molar-refractivity contribution in [3.8, 4) is 0 Å². The number of nitrogens with one attached hydrogen (secondary N) is 2. The van der Waals surface area contributed by atoms with E-state index in [9.17, 15) is 4.79 Å². The second kappa shape index (κ2) is 7.92. The van der Waals surface area contributed by atoms with E-state index in [2.05, 4.69) is 52.2 Å². The van der Waals surface area contributed by atoms with E-state index in [4.69, 9.17) is 17.2 Å². The molecule has 0 spiro atoms. The summed E-state index contributed by atoms with van der Waals surface area (Å²) in [6, 6.07) is 10.0. The van der Waals surface area contributed by atoms with Gasteiger partial charge in [-0.15, -0.1) is 0 Å². The second-order valence-electron chi connectivity index (χ2n) is 10.8. The number of thiocarbonyl (C=S) groups is 1. The Morgan fingerprint density at radius 1 is 1.03 bits per heavy atom. The topological polar surface area (TPSA) is 53.5 Å². The third-order valence-electron chi connectivity index (χ3n) is 5.79. The Kier molecular flexibility index (Phi) is 6.03. The first kappa shape index (κ1) is 22.1. The number of para-hydroxylation sites is 1. The largest absolute Gasteiger partial charge is 0.349 e. The third kappa shape index (κ3) is 5.73. The lowest BCUT2D eigenvalue weighted by atomic mass is 9.70. The molecule has 1 heterocycles. The monoisotopic (exact) mass is 413 g/mol. The van der Waals surface area contributed by atoms with Gasteiger partial charge in [0.25, 0.3) is 0 Å². The molecule has 1 atom stereocenters. The number of rotatable bonds is 3. The van der Waals surface area contributed by atoms with Gasteiger partial charge in [0.2, 0.25) is 0 Å². The van der Waals surface area contributed by atoms with Crippen LogP contribution in [0.15, 0.2) is 35.3 Å². The van der Waals surface area contributed by atoms with Crippen LogP contribution in [0.2, 0.25) is 0 Å². The highest BCUT2D eigenvalue weighted by molar-refractivity contribution is 7.80. The van der Waals surface area contributed by atoms with E-state index in [1.165, 1.54) is 0 Å². The number of nitrogens with zero attached hydrogens (tertiary/aromatic N) is 1. The van der Waals surface area contributed by atoms with Crippen molar-refractivity contribution < 1.29 is 4.79 Å². The summed E-state index contributed by atoms with van der Waals surface area (Å²) in [4.78, 5) is 18.9. The molecule has 1 saturated heterocycles. The van der Waals surface area contributed by atoms with Gasteiger partial charge in [-0.25, -0.2) is 0 Å². The molecule has 1 aromatic rings. The Hall–Kier alpha value is -1.59. The Labute approximate surface area is 181 Å². The van der Waals surface area contributed by atoms with Gasteiger partial charge in [0.15, 0.2) is 0 Å². The number of ketones is 1. The summed E-state index contributed by atoms with van der Waals surface area (Å²) >= 11 is 5.72. The average molecular weight is 414 g/mol. The molecule has 0 radical (unpaired) electrons. The van der Waals surface area contributed by atoms with Crippen LogP contribution in [-0.4, -0.2) is 33.6 Å². The van der Waals surface area contributed by atoms with Crippen molar-refractivity contribution in [2.24, 2.45) is 16.3 Å². The van der Waals surface area contributed by atoms with E-state index in [-0.39, 0.29) is 28.3 Å². The van der Waals surface area contributed by atoms with Gasteiger partial charge < -0.3 is 10.6 Å². The van der Waals surface area contributed by atoms with Crippen LogP contribution in [0.4, 0.5) is 5.69 Å². The molecule has 2 N–H and O–H groups in total. The summed E-state index contributed by atoms with van der Waals surface area (Å²) in [7, 11) is 0. The number of carbonyl (C=O) groups is 1. The van der Waals surface area contributed by atoms with Crippen molar-refractivity contribution in [2.75, 3.05) is 5.32 Å². The first-order valence-corrected chi connectivity index (χ1v) is 11.0. The van der Waals surface area contributed by atoms with Crippen LogP contribution in [0, 0.1) is 11.3 Å². The van der Waals surface area contributed by atoms with Crippen molar-refractivity contribution in [2.45, 2.75) is 84.3 Å². The van der Waals surface area contributed by atoms with Crippen LogP contribution in [-0.2, 0) is 4.79 Å². The van der Waals surface area contributed by atoms with Crippen LogP contribution in [0.25, 0.3) is 0 Å². The fraction of sp³-hybridized carbons (Fsp3) is 0.625. The van der Waals surface area contributed by atoms with E-state index < -0.39 is 5.92 Å². The summed E-state index contributed by atoms with van der Waals surface area (Å²) < 4.78 is 0. The molecule has 158 valence electrons. The number of hydrogen-bond acceptors (Lipinski definition) is 4. The van der Waals surface area contributed by atoms with Gasteiger partial charge in [-0.3, -0.25) is 9.79 Å². The molecule has 1 aliphatic heterocycles. The first-order valence-electron chi connectivity index (χ1n) is 10.6. The maximum absolute atomic E-state index is 13.1. The molecular weight excluding hydrogens is 378 g/mol. The third-order valence-corrected chi connectivity index (χ3v) is 6.13. The van der Waals surface area contributed by atoms with E-state index in [0.29, 0.717) is 11.4 Å². The van der Waals surface area contributed by atoms with E-state index in [1.54, 1.807) is 0 Å². The minimum Gasteiger partial charge on any atom is -0.349 e. The van der Waals surface area contributed by atoms with Crippen LogP contribution >= 0.6 is 12.2 Å².